The van der Waals surface area contributed by atoms with Gasteiger partial charge in [0.15, 0.2) is 0 Å². The van der Waals surface area contributed by atoms with Gasteiger partial charge in [-0.25, -0.2) is 4.98 Å². The third-order valence-electron chi connectivity index (χ3n) is 2.87. The van der Waals surface area contributed by atoms with E-state index in [2.05, 4.69) is 31.4 Å². The van der Waals surface area contributed by atoms with Gasteiger partial charge < -0.3 is 9.84 Å². The van der Waals surface area contributed by atoms with E-state index in [0.29, 0.717) is 6.54 Å². The van der Waals surface area contributed by atoms with Crippen LogP contribution in [0, 0.1) is 6.92 Å². The molecule has 0 fully saturated rings. The molecule has 0 atom stereocenters. The van der Waals surface area contributed by atoms with Crippen LogP contribution < -0.4 is 5.32 Å². The van der Waals surface area contributed by atoms with Crippen LogP contribution in [-0.2, 0) is 6.54 Å². The summed E-state index contributed by atoms with van der Waals surface area (Å²) in [4.78, 5) is 4.38. The van der Waals surface area contributed by atoms with Gasteiger partial charge in [-0.05, 0) is 19.1 Å². The second-order valence-electron chi connectivity index (χ2n) is 4.28. The van der Waals surface area contributed by atoms with Crippen LogP contribution in [0.3, 0.4) is 0 Å². The average Bonchev–Trinajstić information content (AvgIpc) is 2.83. The zero-order chi connectivity index (χ0) is 13.2. The number of benzene rings is 1. The smallest absolute Gasteiger partial charge is 0.134 e. The van der Waals surface area contributed by atoms with Gasteiger partial charge in [-0.1, -0.05) is 33.2 Å². The Balaban J connectivity index is 1.91. The van der Waals surface area contributed by atoms with Gasteiger partial charge in [0.2, 0.25) is 0 Å². The molecule has 0 aliphatic carbocycles. The van der Waals surface area contributed by atoms with Gasteiger partial charge in [-0.2, -0.15) is 0 Å². The summed E-state index contributed by atoms with van der Waals surface area (Å²) in [5, 5.41) is 9.46. The highest BCUT2D eigenvalue weighted by atomic mass is 79.9. The SMILES string of the molecule is Cc1cc(CNc2nccc3c(Br)cccc23)no1. The fraction of sp³-hybridized carbons (Fsp3) is 0.143. The van der Waals surface area contributed by atoms with Crippen LogP contribution in [0.2, 0.25) is 0 Å². The van der Waals surface area contributed by atoms with Gasteiger partial charge >= 0.3 is 0 Å². The summed E-state index contributed by atoms with van der Waals surface area (Å²) in [6.45, 7) is 2.47. The molecular formula is C14H12BrN3O. The summed E-state index contributed by atoms with van der Waals surface area (Å²) < 4.78 is 6.10. The number of fused-ring (bicyclic) bond motifs is 1. The first kappa shape index (κ1) is 12.2. The highest BCUT2D eigenvalue weighted by Crippen LogP contribution is 2.27. The minimum absolute atomic E-state index is 0.593. The summed E-state index contributed by atoms with van der Waals surface area (Å²) in [7, 11) is 0. The second kappa shape index (κ2) is 5.01. The van der Waals surface area contributed by atoms with Crippen molar-refractivity contribution in [3.8, 4) is 0 Å². The lowest BCUT2D eigenvalue weighted by Gasteiger charge is -2.08. The van der Waals surface area contributed by atoms with Crippen molar-refractivity contribution >= 4 is 32.5 Å². The highest BCUT2D eigenvalue weighted by Gasteiger charge is 2.06. The van der Waals surface area contributed by atoms with Crippen LogP contribution in [-0.4, -0.2) is 10.1 Å². The Morgan fingerprint density at radius 3 is 2.95 bits per heavy atom. The largest absolute Gasteiger partial charge is 0.364 e. The predicted molar refractivity (Wildman–Crippen MR) is 78.0 cm³/mol. The topological polar surface area (TPSA) is 51.0 Å². The Bertz CT molecular complexity index is 724. The van der Waals surface area contributed by atoms with Gasteiger partial charge in [0.1, 0.15) is 17.3 Å². The van der Waals surface area contributed by atoms with E-state index in [4.69, 9.17) is 4.52 Å². The van der Waals surface area contributed by atoms with Crippen molar-refractivity contribution < 1.29 is 4.52 Å². The molecule has 5 heteroatoms. The normalized spacial score (nSPS) is 10.8. The minimum Gasteiger partial charge on any atom is -0.364 e. The molecule has 3 rings (SSSR count). The van der Waals surface area contributed by atoms with Crippen molar-refractivity contribution in [1.29, 1.82) is 0 Å². The summed E-state index contributed by atoms with van der Waals surface area (Å²) in [5.74, 6) is 1.66. The highest BCUT2D eigenvalue weighted by molar-refractivity contribution is 9.10. The Kier molecular flexibility index (Phi) is 3.21. The van der Waals surface area contributed by atoms with Gasteiger partial charge in [-0.15, -0.1) is 0 Å². The van der Waals surface area contributed by atoms with Crippen molar-refractivity contribution in [3.05, 3.63) is 52.5 Å². The maximum atomic E-state index is 5.04. The molecule has 19 heavy (non-hydrogen) atoms. The fourth-order valence-corrected chi connectivity index (χ4v) is 2.48. The number of hydrogen-bond acceptors (Lipinski definition) is 4. The number of rotatable bonds is 3. The van der Waals surface area contributed by atoms with Crippen LogP contribution in [0.15, 0.2) is 45.5 Å². The molecule has 96 valence electrons. The van der Waals surface area contributed by atoms with Crippen LogP contribution in [0.5, 0.6) is 0 Å². The van der Waals surface area contributed by atoms with E-state index in [-0.39, 0.29) is 0 Å². The molecule has 2 aromatic heterocycles. The molecule has 1 aromatic carbocycles. The minimum atomic E-state index is 0.593. The quantitative estimate of drug-likeness (QED) is 0.795. The van der Waals surface area contributed by atoms with Gasteiger partial charge in [0, 0.05) is 27.5 Å². The van der Waals surface area contributed by atoms with E-state index in [1.165, 1.54) is 0 Å². The second-order valence-corrected chi connectivity index (χ2v) is 5.13. The van der Waals surface area contributed by atoms with E-state index in [1.807, 2.05) is 37.3 Å². The lowest BCUT2D eigenvalue weighted by molar-refractivity contribution is 0.391. The number of aryl methyl sites for hydroxylation is 1. The predicted octanol–water partition coefficient (Wildman–Crippen LogP) is 3.91. The first-order valence-electron chi connectivity index (χ1n) is 5.93. The lowest BCUT2D eigenvalue weighted by atomic mass is 10.1. The number of pyridine rings is 1. The molecule has 0 radical (unpaired) electrons. The molecule has 0 aliphatic rings. The first-order valence-corrected chi connectivity index (χ1v) is 6.72. The standard InChI is InChI=1S/C14H12BrN3O/c1-9-7-10(18-19-9)8-17-14-12-3-2-4-13(15)11(12)5-6-16-14/h2-7H,8H2,1H3,(H,16,17). The Hall–Kier alpha value is -1.88. The molecule has 4 nitrogen and oxygen atoms in total. The maximum Gasteiger partial charge on any atom is 0.134 e. The molecule has 1 N–H and O–H groups in total. The summed E-state index contributed by atoms with van der Waals surface area (Å²) >= 11 is 3.55. The number of nitrogens with zero attached hydrogens (tertiary/aromatic N) is 2. The van der Waals surface area contributed by atoms with Gasteiger partial charge in [0.05, 0.1) is 6.54 Å². The van der Waals surface area contributed by atoms with E-state index in [9.17, 15) is 0 Å². The molecule has 0 unspecified atom stereocenters. The molecular weight excluding hydrogens is 306 g/mol. The molecule has 0 aliphatic heterocycles. The van der Waals surface area contributed by atoms with Gasteiger partial charge in [-0.3, -0.25) is 0 Å². The molecule has 0 saturated carbocycles. The molecule has 0 amide bonds. The van der Waals surface area contributed by atoms with Crippen LogP contribution >= 0.6 is 15.9 Å². The van der Waals surface area contributed by atoms with Gasteiger partial charge in [0.25, 0.3) is 0 Å². The molecule has 0 saturated heterocycles. The van der Waals surface area contributed by atoms with Crippen molar-refractivity contribution in [1.82, 2.24) is 10.1 Å². The van der Waals surface area contributed by atoms with Crippen molar-refractivity contribution in [2.75, 3.05) is 5.32 Å². The average molecular weight is 318 g/mol. The molecule has 3 aromatic rings. The van der Waals surface area contributed by atoms with Crippen molar-refractivity contribution in [2.24, 2.45) is 0 Å². The van der Waals surface area contributed by atoms with E-state index in [1.54, 1.807) is 6.20 Å². The number of aromatic nitrogens is 2. The van der Waals surface area contributed by atoms with Crippen LogP contribution in [0.1, 0.15) is 11.5 Å². The Morgan fingerprint density at radius 2 is 2.16 bits per heavy atom. The number of hydrogen-bond donors (Lipinski definition) is 1. The van der Waals surface area contributed by atoms with Crippen LogP contribution in [0.4, 0.5) is 5.82 Å². The third kappa shape index (κ3) is 2.46. The van der Waals surface area contributed by atoms with Crippen LogP contribution in [0.25, 0.3) is 10.8 Å². The lowest BCUT2D eigenvalue weighted by Crippen LogP contribution is -2.02. The molecule has 0 spiro atoms. The third-order valence-corrected chi connectivity index (χ3v) is 3.56. The van der Waals surface area contributed by atoms with E-state index in [0.717, 1.165) is 32.5 Å². The fourth-order valence-electron chi connectivity index (χ4n) is 1.99. The zero-order valence-electron chi connectivity index (χ0n) is 10.4. The van der Waals surface area contributed by atoms with Crippen molar-refractivity contribution in [2.45, 2.75) is 13.5 Å². The zero-order valence-corrected chi connectivity index (χ0v) is 11.9. The summed E-state index contributed by atoms with van der Waals surface area (Å²) in [6, 6.07) is 9.97. The van der Waals surface area contributed by atoms with E-state index >= 15 is 0 Å². The number of halogens is 1. The molecule has 2 heterocycles. The van der Waals surface area contributed by atoms with E-state index < -0.39 is 0 Å². The maximum absolute atomic E-state index is 5.04. The molecule has 0 bridgehead atoms. The number of anilines is 1. The monoisotopic (exact) mass is 317 g/mol. The first-order chi connectivity index (χ1) is 9.24. The number of nitrogens with one attached hydrogen (secondary N) is 1. The van der Waals surface area contributed by atoms with Crippen molar-refractivity contribution in [3.63, 3.8) is 0 Å². The Morgan fingerprint density at radius 1 is 1.26 bits per heavy atom. The Labute approximate surface area is 119 Å². The summed E-state index contributed by atoms with van der Waals surface area (Å²) in [6.07, 6.45) is 1.80. The summed E-state index contributed by atoms with van der Waals surface area (Å²) in [5.41, 5.74) is 0.867.